The predicted molar refractivity (Wildman–Crippen MR) is 135 cm³/mol. The molecule has 4 rings (SSSR count). The number of rotatable bonds is 8. The molecule has 4 aromatic rings. The summed E-state index contributed by atoms with van der Waals surface area (Å²) >= 11 is 1.44. The molecule has 0 aliphatic carbocycles. The maximum absolute atomic E-state index is 13.7. The van der Waals surface area contributed by atoms with Crippen molar-refractivity contribution in [2.45, 2.75) is 46.1 Å². The number of hydrogen-bond acceptors (Lipinski definition) is 4. The molecule has 33 heavy (non-hydrogen) atoms. The molecule has 1 amide bonds. The van der Waals surface area contributed by atoms with Crippen LogP contribution in [0.3, 0.4) is 0 Å². The molecule has 0 aliphatic rings. The van der Waals surface area contributed by atoms with Crippen LogP contribution in [0.2, 0.25) is 0 Å². The van der Waals surface area contributed by atoms with Gasteiger partial charge in [0.1, 0.15) is 5.82 Å². The zero-order valence-corrected chi connectivity index (χ0v) is 20.1. The third-order valence-electron chi connectivity index (χ3n) is 5.90. The Hall–Kier alpha value is -3.25. The number of hydrogen-bond donors (Lipinski definition) is 0. The standard InChI is InChI=1S/C27H29N3O2S/c1-4-5-8-16-29(27(32)24-15-10-17-33-24)20(3)25-28-23-14-7-6-13-22(23)26(31)30(25)21-12-9-11-19(2)18-21/h6-7,9-15,17-18,20H,4-5,8,16H2,1-3H3. The molecule has 6 heteroatoms. The quantitative estimate of drug-likeness (QED) is 0.297. The van der Waals surface area contributed by atoms with E-state index in [1.54, 1.807) is 10.6 Å². The highest BCUT2D eigenvalue weighted by atomic mass is 32.1. The summed E-state index contributed by atoms with van der Waals surface area (Å²) in [7, 11) is 0. The number of para-hydroxylation sites is 1. The van der Waals surface area contributed by atoms with E-state index in [2.05, 4.69) is 6.92 Å². The summed E-state index contributed by atoms with van der Waals surface area (Å²) in [5.41, 5.74) is 2.34. The lowest BCUT2D eigenvalue weighted by molar-refractivity contribution is 0.0682. The smallest absolute Gasteiger partial charge is 0.266 e. The first-order chi connectivity index (χ1) is 16.0. The molecule has 0 fully saturated rings. The second-order valence-electron chi connectivity index (χ2n) is 8.33. The molecule has 0 bridgehead atoms. The summed E-state index contributed by atoms with van der Waals surface area (Å²) in [6.45, 7) is 6.74. The van der Waals surface area contributed by atoms with E-state index in [-0.39, 0.29) is 17.5 Å². The average molecular weight is 460 g/mol. The molecule has 0 spiro atoms. The number of amides is 1. The van der Waals surface area contributed by atoms with E-state index in [0.717, 1.165) is 30.5 Å². The van der Waals surface area contributed by atoms with Gasteiger partial charge in [-0.3, -0.25) is 14.2 Å². The summed E-state index contributed by atoms with van der Waals surface area (Å²) in [5.74, 6) is 0.553. The maximum atomic E-state index is 13.7. The second-order valence-corrected chi connectivity index (χ2v) is 9.27. The van der Waals surface area contributed by atoms with Gasteiger partial charge in [0.25, 0.3) is 11.5 Å². The van der Waals surface area contributed by atoms with Gasteiger partial charge in [0, 0.05) is 6.54 Å². The van der Waals surface area contributed by atoms with Crippen LogP contribution in [0, 0.1) is 6.92 Å². The highest BCUT2D eigenvalue weighted by molar-refractivity contribution is 7.12. The third-order valence-corrected chi connectivity index (χ3v) is 6.76. The first-order valence-electron chi connectivity index (χ1n) is 11.4. The van der Waals surface area contributed by atoms with Gasteiger partial charge in [-0.2, -0.15) is 0 Å². The number of thiophene rings is 1. The summed E-state index contributed by atoms with van der Waals surface area (Å²) in [5, 5.41) is 2.48. The minimum absolute atomic E-state index is 0.0215. The van der Waals surface area contributed by atoms with E-state index in [0.29, 0.717) is 28.1 Å². The summed E-state index contributed by atoms with van der Waals surface area (Å²) in [4.78, 5) is 34.6. The molecule has 1 atom stereocenters. The summed E-state index contributed by atoms with van der Waals surface area (Å²) in [6, 6.07) is 18.6. The zero-order valence-electron chi connectivity index (χ0n) is 19.3. The maximum Gasteiger partial charge on any atom is 0.266 e. The number of unbranched alkanes of at least 4 members (excludes halogenated alkanes) is 2. The van der Waals surface area contributed by atoms with Gasteiger partial charge in [0.15, 0.2) is 0 Å². The molecular weight excluding hydrogens is 430 g/mol. The number of nitrogens with zero attached hydrogens (tertiary/aromatic N) is 3. The van der Waals surface area contributed by atoms with Crippen LogP contribution in [-0.2, 0) is 0 Å². The fourth-order valence-electron chi connectivity index (χ4n) is 4.13. The monoisotopic (exact) mass is 459 g/mol. The molecule has 2 aromatic carbocycles. The lowest BCUT2D eigenvalue weighted by atomic mass is 10.1. The highest BCUT2D eigenvalue weighted by Gasteiger charge is 2.27. The van der Waals surface area contributed by atoms with Gasteiger partial charge in [-0.15, -0.1) is 11.3 Å². The number of fused-ring (bicyclic) bond motifs is 1. The lowest BCUT2D eigenvalue weighted by Crippen LogP contribution is -2.37. The first kappa shape index (κ1) is 22.9. The fourth-order valence-corrected chi connectivity index (χ4v) is 4.81. The molecule has 0 radical (unpaired) electrons. The molecule has 0 saturated carbocycles. The third kappa shape index (κ3) is 4.76. The second kappa shape index (κ2) is 10.1. The van der Waals surface area contributed by atoms with Crippen LogP contribution >= 0.6 is 11.3 Å². The number of benzene rings is 2. The van der Waals surface area contributed by atoms with Crippen molar-refractivity contribution in [3.05, 3.63) is 92.7 Å². The van der Waals surface area contributed by atoms with Crippen molar-refractivity contribution in [1.29, 1.82) is 0 Å². The molecule has 2 heterocycles. The van der Waals surface area contributed by atoms with Crippen LogP contribution < -0.4 is 5.56 Å². The Morgan fingerprint density at radius 2 is 1.91 bits per heavy atom. The average Bonchev–Trinajstić information content (AvgIpc) is 3.36. The highest BCUT2D eigenvalue weighted by Crippen LogP contribution is 2.26. The Morgan fingerprint density at radius 3 is 2.64 bits per heavy atom. The molecule has 5 nitrogen and oxygen atoms in total. The Kier molecular flexibility index (Phi) is 7.04. The van der Waals surface area contributed by atoms with Gasteiger partial charge in [-0.25, -0.2) is 4.98 Å². The first-order valence-corrected chi connectivity index (χ1v) is 12.3. The molecule has 0 N–H and O–H groups in total. The van der Waals surface area contributed by atoms with Crippen molar-refractivity contribution in [2.24, 2.45) is 0 Å². The Bertz CT molecular complexity index is 1310. The number of carbonyl (C=O) groups is 1. The van der Waals surface area contributed by atoms with Gasteiger partial charge in [0.05, 0.1) is 27.5 Å². The van der Waals surface area contributed by atoms with Crippen molar-refractivity contribution < 1.29 is 4.79 Å². The van der Waals surface area contributed by atoms with Crippen LogP contribution in [0.4, 0.5) is 0 Å². The van der Waals surface area contributed by atoms with Gasteiger partial charge in [-0.05, 0) is 61.5 Å². The van der Waals surface area contributed by atoms with Crippen LogP contribution in [0.15, 0.2) is 70.8 Å². The number of carbonyl (C=O) groups excluding carboxylic acids is 1. The van der Waals surface area contributed by atoms with E-state index < -0.39 is 0 Å². The van der Waals surface area contributed by atoms with Crippen molar-refractivity contribution in [3.8, 4) is 5.69 Å². The topological polar surface area (TPSA) is 55.2 Å². The summed E-state index contributed by atoms with van der Waals surface area (Å²) < 4.78 is 1.68. The van der Waals surface area contributed by atoms with E-state index in [1.165, 1.54) is 11.3 Å². The normalized spacial score (nSPS) is 12.1. The Balaban J connectivity index is 1.89. The van der Waals surface area contributed by atoms with E-state index >= 15 is 0 Å². The fraction of sp³-hybridized carbons (Fsp3) is 0.296. The molecule has 170 valence electrons. The molecular formula is C27H29N3O2S. The SMILES string of the molecule is CCCCCN(C(=O)c1cccs1)C(C)c1nc2ccccc2c(=O)n1-c1cccc(C)c1. The van der Waals surface area contributed by atoms with Crippen molar-refractivity contribution in [1.82, 2.24) is 14.5 Å². The largest absolute Gasteiger partial charge is 0.328 e. The minimum Gasteiger partial charge on any atom is -0.328 e. The molecule has 2 aromatic heterocycles. The van der Waals surface area contributed by atoms with Crippen molar-refractivity contribution in [3.63, 3.8) is 0 Å². The molecule has 0 saturated heterocycles. The van der Waals surface area contributed by atoms with Gasteiger partial charge >= 0.3 is 0 Å². The van der Waals surface area contributed by atoms with Gasteiger partial charge in [0.2, 0.25) is 0 Å². The Morgan fingerprint density at radius 1 is 1.09 bits per heavy atom. The van der Waals surface area contributed by atoms with Crippen LogP contribution in [0.5, 0.6) is 0 Å². The molecule has 1 unspecified atom stereocenters. The molecule has 0 aliphatic heterocycles. The van der Waals surface area contributed by atoms with Crippen LogP contribution in [-0.4, -0.2) is 26.9 Å². The van der Waals surface area contributed by atoms with E-state index in [9.17, 15) is 9.59 Å². The van der Waals surface area contributed by atoms with Gasteiger partial charge in [-0.1, -0.05) is 50.1 Å². The summed E-state index contributed by atoms with van der Waals surface area (Å²) in [6.07, 6.45) is 3.01. The van der Waals surface area contributed by atoms with Crippen LogP contribution in [0.25, 0.3) is 16.6 Å². The minimum atomic E-state index is -0.380. The lowest BCUT2D eigenvalue weighted by Gasteiger charge is -2.30. The number of aromatic nitrogens is 2. The van der Waals surface area contributed by atoms with E-state index in [1.807, 2.05) is 78.7 Å². The van der Waals surface area contributed by atoms with E-state index in [4.69, 9.17) is 4.98 Å². The zero-order chi connectivity index (χ0) is 23.4. The van der Waals surface area contributed by atoms with Crippen molar-refractivity contribution in [2.75, 3.05) is 6.54 Å². The van der Waals surface area contributed by atoms with Crippen molar-refractivity contribution >= 4 is 28.1 Å². The van der Waals surface area contributed by atoms with Gasteiger partial charge < -0.3 is 4.90 Å². The van der Waals surface area contributed by atoms with Crippen LogP contribution in [0.1, 0.15) is 60.2 Å². The number of aryl methyl sites for hydroxylation is 1. The predicted octanol–water partition coefficient (Wildman–Crippen LogP) is 6.15. The Labute approximate surface area is 198 Å².